The molecule has 3 N–H and O–H groups in total. The Kier molecular flexibility index (Phi) is 3.45. The molecule has 0 radical (unpaired) electrons. The van der Waals surface area contributed by atoms with E-state index in [0.29, 0.717) is 5.69 Å². The van der Waals surface area contributed by atoms with Crippen LogP contribution in [-0.4, -0.2) is 23.1 Å². The van der Waals surface area contributed by atoms with Gasteiger partial charge in [0.05, 0.1) is 0 Å². The minimum atomic E-state index is -1.88. The minimum Gasteiger partial charge on any atom is -0.423 e. The summed E-state index contributed by atoms with van der Waals surface area (Å²) in [6.07, 6.45) is 2.81. The summed E-state index contributed by atoms with van der Waals surface area (Å²) >= 11 is 0. The number of nitrogens with one attached hydrogen (secondary N) is 1. The molecule has 90 valence electrons. The second kappa shape index (κ2) is 4.85. The van der Waals surface area contributed by atoms with Gasteiger partial charge in [0, 0.05) is 17.1 Å². The van der Waals surface area contributed by atoms with E-state index in [1.54, 1.807) is 0 Å². The molecule has 0 saturated heterocycles. The fourth-order valence-electron chi connectivity index (χ4n) is 1.73. The number of hydrogen-bond donors (Lipinski definition) is 3. The highest BCUT2D eigenvalue weighted by atomic mass is 19.1. The first-order valence-electron chi connectivity index (χ1n) is 5.54. The third-order valence-corrected chi connectivity index (χ3v) is 3.02. The lowest BCUT2D eigenvalue weighted by Crippen LogP contribution is -2.34. The number of hydrogen-bond acceptors (Lipinski definition) is 3. The van der Waals surface area contributed by atoms with E-state index in [0.717, 1.165) is 25.3 Å². The summed E-state index contributed by atoms with van der Waals surface area (Å²) in [5.41, 5.74) is 0.141. The van der Waals surface area contributed by atoms with Gasteiger partial charge in [0.1, 0.15) is 5.82 Å². The molecule has 0 atom stereocenters. The second-order valence-corrected chi connectivity index (χ2v) is 4.23. The number of anilines is 1. The van der Waals surface area contributed by atoms with Crippen molar-refractivity contribution in [1.82, 2.24) is 0 Å². The molecule has 1 amide bonds. The average molecular weight is 237 g/mol. The van der Waals surface area contributed by atoms with Crippen molar-refractivity contribution >= 4 is 24.2 Å². The van der Waals surface area contributed by atoms with Gasteiger partial charge in [0.15, 0.2) is 0 Å². The van der Waals surface area contributed by atoms with E-state index in [-0.39, 0.29) is 17.3 Å². The largest absolute Gasteiger partial charge is 0.491 e. The van der Waals surface area contributed by atoms with Crippen LogP contribution in [0.4, 0.5) is 10.1 Å². The Balaban J connectivity index is 2.10. The second-order valence-electron chi connectivity index (χ2n) is 4.23. The Bertz CT molecular complexity index is 435. The third kappa shape index (κ3) is 2.65. The monoisotopic (exact) mass is 237 g/mol. The molecule has 0 unspecified atom stereocenters. The molecule has 0 aliphatic heterocycles. The molecule has 0 heterocycles. The summed E-state index contributed by atoms with van der Waals surface area (Å²) in [5, 5.41) is 20.5. The van der Waals surface area contributed by atoms with Gasteiger partial charge < -0.3 is 15.4 Å². The van der Waals surface area contributed by atoms with Crippen LogP contribution < -0.4 is 10.8 Å². The minimum absolute atomic E-state index is 0.0301. The lowest BCUT2D eigenvalue weighted by atomic mass is 9.79. The Morgan fingerprint density at radius 1 is 1.41 bits per heavy atom. The van der Waals surface area contributed by atoms with Gasteiger partial charge in [-0.1, -0.05) is 6.42 Å². The lowest BCUT2D eigenvalue weighted by Gasteiger charge is -2.24. The Hall–Kier alpha value is -1.40. The summed E-state index contributed by atoms with van der Waals surface area (Å²) in [5.74, 6) is -0.773. The maximum atomic E-state index is 13.2. The first kappa shape index (κ1) is 12.1. The first-order chi connectivity index (χ1) is 8.08. The van der Waals surface area contributed by atoms with Crippen LogP contribution in [0.25, 0.3) is 0 Å². The van der Waals surface area contributed by atoms with E-state index >= 15 is 0 Å². The van der Waals surface area contributed by atoms with E-state index < -0.39 is 12.9 Å². The number of benzene rings is 1. The zero-order valence-corrected chi connectivity index (χ0v) is 9.19. The molecule has 6 heteroatoms. The highest BCUT2D eigenvalue weighted by Gasteiger charge is 2.25. The van der Waals surface area contributed by atoms with Crippen molar-refractivity contribution in [2.45, 2.75) is 19.3 Å². The fourth-order valence-corrected chi connectivity index (χ4v) is 1.73. The molecule has 17 heavy (non-hydrogen) atoms. The zero-order valence-electron chi connectivity index (χ0n) is 9.19. The molecule has 1 fully saturated rings. The molecule has 1 aromatic carbocycles. The summed E-state index contributed by atoms with van der Waals surface area (Å²) < 4.78 is 13.2. The summed E-state index contributed by atoms with van der Waals surface area (Å²) in [7, 11) is -1.88. The van der Waals surface area contributed by atoms with E-state index in [2.05, 4.69) is 5.32 Å². The van der Waals surface area contributed by atoms with Gasteiger partial charge in [-0.3, -0.25) is 4.79 Å². The third-order valence-electron chi connectivity index (χ3n) is 3.02. The van der Waals surface area contributed by atoms with E-state index in [1.165, 1.54) is 12.1 Å². The molecular formula is C11H13BFNO3. The molecular weight excluding hydrogens is 224 g/mol. The molecule has 1 aliphatic carbocycles. The molecule has 1 saturated carbocycles. The van der Waals surface area contributed by atoms with E-state index in [4.69, 9.17) is 10.0 Å². The Morgan fingerprint density at radius 2 is 2.12 bits per heavy atom. The number of carbonyl (C=O) groups is 1. The van der Waals surface area contributed by atoms with Gasteiger partial charge in [0.2, 0.25) is 5.91 Å². The van der Waals surface area contributed by atoms with E-state index in [9.17, 15) is 9.18 Å². The quantitative estimate of drug-likeness (QED) is 0.659. The van der Waals surface area contributed by atoms with Crippen molar-refractivity contribution in [3.8, 4) is 0 Å². The SMILES string of the molecule is O=C(Nc1ccc(F)c(B(O)O)c1)C1CCC1. The Morgan fingerprint density at radius 3 is 2.65 bits per heavy atom. The summed E-state index contributed by atoms with van der Waals surface area (Å²) in [4.78, 5) is 11.6. The molecule has 0 aromatic heterocycles. The maximum absolute atomic E-state index is 13.2. The van der Waals surface area contributed by atoms with Gasteiger partial charge in [-0.15, -0.1) is 0 Å². The molecule has 4 nitrogen and oxygen atoms in total. The maximum Gasteiger partial charge on any atom is 0.491 e. The zero-order chi connectivity index (χ0) is 12.4. The van der Waals surface area contributed by atoms with Crippen molar-refractivity contribution in [3.63, 3.8) is 0 Å². The molecule has 2 rings (SSSR count). The van der Waals surface area contributed by atoms with Crippen molar-refractivity contribution < 1.29 is 19.2 Å². The van der Waals surface area contributed by atoms with Gasteiger partial charge in [-0.2, -0.15) is 0 Å². The predicted molar refractivity (Wildman–Crippen MR) is 62.2 cm³/mol. The highest BCUT2D eigenvalue weighted by Crippen LogP contribution is 2.27. The van der Waals surface area contributed by atoms with Crippen LogP contribution in [0.15, 0.2) is 18.2 Å². The van der Waals surface area contributed by atoms with Crippen molar-refractivity contribution in [1.29, 1.82) is 0 Å². The number of halogens is 1. The van der Waals surface area contributed by atoms with Crippen molar-refractivity contribution in [3.05, 3.63) is 24.0 Å². The Labute approximate surface area is 98.6 Å². The fraction of sp³-hybridized carbons (Fsp3) is 0.364. The normalized spacial score (nSPS) is 15.2. The summed E-state index contributed by atoms with van der Waals surface area (Å²) in [6.45, 7) is 0. The van der Waals surface area contributed by atoms with Crippen LogP contribution in [0, 0.1) is 11.7 Å². The first-order valence-corrected chi connectivity index (χ1v) is 5.54. The van der Waals surface area contributed by atoms with Crippen LogP contribution in [0.5, 0.6) is 0 Å². The van der Waals surface area contributed by atoms with Gasteiger partial charge >= 0.3 is 7.12 Å². The van der Waals surface area contributed by atoms with Gasteiger partial charge in [-0.05, 0) is 31.0 Å². The van der Waals surface area contributed by atoms with E-state index in [1.807, 2.05) is 0 Å². The smallest absolute Gasteiger partial charge is 0.423 e. The molecule has 1 aliphatic rings. The van der Waals surface area contributed by atoms with Crippen LogP contribution >= 0.6 is 0 Å². The van der Waals surface area contributed by atoms with Gasteiger partial charge in [-0.25, -0.2) is 4.39 Å². The molecule has 1 aromatic rings. The van der Waals surface area contributed by atoms with Crippen LogP contribution in [0.3, 0.4) is 0 Å². The topological polar surface area (TPSA) is 69.6 Å². The van der Waals surface area contributed by atoms with Crippen molar-refractivity contribution in [2.75, 3.05) is 5.32 Å². The van der Waals surface area contributed by atoms with Crippen LogP contribution in [0.2, 0.25) is 0 Å². The predicted octanol–water partition coefficient (Wildman–Crippen LogP) is 0.244. The lowest BCUT2D eigenvalue weighted by molar-refractivity contribution is -0.122. The summed E-state index contributed by atoms with van der Waals surface area (Å²) in [6, 6.07) is 3.74. The highest BCUT2D eigenvalue weighted by molar-refractivity contribution is 6.58. The standard InChI is InChI=1S/C11H13BFNO3/c13-10-5-4-8(6-9(10)12(16)17)14-11(15)7-2-1-3-7/h4-7,16-17H,1-3H2,(H,14,15). The van der Waals surface area contributed by atoms with Crippen LogP contribution in [0.1, 0.15) is 19.3 Å². The molecule has 0 bridgehead atoms. The number of carbonyl (C=O) groups excluding carboxylic acids is 1. The van der Waals surface area contributed by atoms with Crippen LogP contribution in [-0.2, 0) is 4.79 Å². The molecule has 0 spiro atoms. The number of rotatable bonds is 3. The van der Waals surface area contributed by atoms with Gasteiger partial charge in [0.25, 0.3) is 0 Å². The average Bonchev–Trinajstić information content (AvgIpc) is 2.17. The van der Waals surface area contributed by atoms with Crippen molar-refractivity contribution in [2.24, 2.45) is 5.92 Å². The number of amides is 1.